The first-order valence-electron chi connectivity index (χ1n) is 6.00. The molecule has 0 bridgehead atoms. The summed E-state index contributed by atoms with van der Waals surface area (Å²) >= 11 is 1.69. The lowest BCUT2D eigenvalue weighted by Crippen LogP contribution is -2.50. The number of rotatable bonds is 3. The normalized spacial score (nSPS) is 26.2. The van der Waals surface area contributed by atoms with Crippen molar-refractivity contribution in [2.24, 2.45) is 0 Å². The zero-order valence-corrected chi connectivity index (χ0v) is 11.8. The van der Waals surface area contributed by atoms with Gasteiger partial charge in [0.05, 0.1) is 5.25 Å². The van der Waals surface area contributed by atoms with Crippen molar-refractivity contribution in [1.29, 1.82) is 0 Å². The molecule has 0 atom stereocenters. The van der Waals surface area contributed by atoms with E-state index in [1.165, 1.54) is 0 Å². The van der Waals surface area contributed by atoms with E-state index in [1.54, 1.807) is 16.3 Å². The lowest BCUT2D eigenvalue weighted by atomic mass is 10.2. The third-order valence-corrected chi connectivity index (χ3v) is 6.69. The lowest BCUT2D eigenvalue weighted by molar-refractivity contribution is 0.0968. The van der Waals surface area contributed by atoms with E-state index in [2.05, 4.69) is 4.31 Å². The average molecular weight is 280 g/mol. The van der Waals surface area contributed by atoms with Crippen LogP contribution in [0.5, 0.6) is 0 Å². The van der Waals surface area contributed by atoms with Gasteiger partial charge in [-0.25, -0.2) is 12.7 Å². The Kier molecular flexibility index (Phi) is 4.71. The SMILES string of the molecule is CSN1CCN(S(=O)(=O)C2CCOCC2)CC1. The maximum absolute atomic E-state index is 12.4. The zero-order valence-electron chi connectivity index (χ0n) is 10.2. The number of piperazine rings is 1. The Balaban J connectivity index is 1.96. The molecule has 100 valence electrons. The van der Waals surface area contributed by atoms with Crippen molar-refractivity contribution in [1.82, 2.24) is 8.61 Å². The lowest BCUT2D eigenvalue weighted by Gasteiger charge is -2.35. The molecule has 0 aromatic carbocycles. The molecule has 2 rings (SSSR count). The van der Waals surface area contributed by atoms with Crippen molar-refractivity contribution in [3.8, 4) is 0 Å². The first-order chi connectivity index (χ1) is 8.14. The van der Waals surface area contributed by atoms with Gasteiger partial charge in [0.15, 0.2) is 0 Å². The molecule has 2 heterocycles. The smallest absolute Gasteiger partial charge is 0.217 e. The summed E-state index contributed by atoms with van der Waals surface area (Å²) in [5, 5.41) is -0.225. The number of sulfonamides is 1. The first-order valence-corrected chi connectivity index (χ1v) is 8.69. The molecule has 2 aliphatic rings. The topological polar surface area (TPSA) is 49.9 Å². The van der Waals surface area contributed by atoms with Crippen LogP contribution in [0.15, 0.2) is 0 Å². The minimum Gasteiger partial charge on any atom is -0.381 e. The quantitative estimate of drug-likeness (QED) is 0.700. The van der Waals surface area contributed by atoms with E-state index in [1.807, 2.05) is 6.26 Å². The van der Waals surface area contributed by atoms with Gasteiger partial charge in [-0.1, -0.05) is 11.9 Å². The minimum absolute atomic E-state index is 0.225. The molecule has 17 heavy (non-hydrogen) atoms. The fraction of sp³-hybridized carbons (Fsp3) is 1.00. The van der Waals surface area contributed by atoms with Gasteiger partial charge in [0, 0.05) is 39.4 Å². The van der Waals surface area contributed by atoms with Gasteiger partial charge in [-0.15, -0.1) is 0 Å². The van der Waals surface area contributed by atoms with Crippen LogP contribution in [-0.4, -0.2) is 67.9 Å². The van der Waals surface area contributed by atoms with Gasteiger partial charge < -0.3 is 4.74 Å². The number of nitrogens with zero attached hydrogens (tertiary/aromatic N) is 2. The van der Waals surface area contributed by atoms with Gasteiger partial charge in [-0.05, 0) is 19.1 Å². The summed E-state index contributed by atoms with van der Waals surface area (Å²) in [6.07, 6.45) is 3.32. The predicted molar refractivity (Wildman–Crippen MR) is 69.4 cm³/mol. The van der Waals surface area contributed by atoms with E-state index in [0.717, 1.165) is 13.1 Å². The molecule has 2 fully saturated rings. The third-order valence-electron chi connectivity index (χ3n) is 3.41. The van der Waals surface area contributed by atoms with Crippen LogP contribution >= 0.6 is 11.9 Å². The minimum atomic E-state index is -3.10. The van der Waals surface area contributed by atoms with Crippen molar-refractivity contribution < 1.29 is 13.2 Å². The Bertz CT molecular complexity index is 333. The second-order valence-electron chi connectivity index (χ2n) is 4.37. The van der Waals surface area contributed by atoms with Crippen molar-refractivity contribution >= 4 is 22.0 Å². The highest BCUT2D eigenvalue weighted by atomic mass is 32.2. The van der Waals surface area contributed by atoms with E-state index in [4.69, 9.17) is 4.74 Å². The molecular weight excluding hydrogens is 260 g/mol. The first kappa shape index (κ1) is 13.6. The van der Waals surface area contributed by atoms with E-state index >= 15 is 0 Å². The maximum atomic E-state index is 12.4. The van der Waals surface area contributed by atoms with E-state index in [-0.39, 0.29) is 5.25 Å². The van der Waals surface area contributed by atoms with Crippen LogP contribution in [0.4, 0.5) is 0 Å². The third kappa shape index (κ3) is 3.14. The molecule has 0 unspecified atom stereocenters. The van der Waals surface area contributed by atoms with E-state index in [0.29, 0.717) is 39.1 Å². The summed E-state index contributed by atoms with van der Waals surface area (Å²) < 4.78 is 33.9. The molecule has 0 aromatic heterocycles. The largest absolute Gasteiger partial charge is 0.381 e. The number of ether oxygens (including phenoxy) is 1. The number of hydrogen-bond donors (Lipinski definition) is 0. The van der Waals surface area contributed by atoms with Crippen molar-refractivity contribution in [2.75, 3.05) is 45.6 Å². The highest BCUT2D eigenvalue weighted by molar-refractivity contribution is 7.96. The van der Waals surface area contributed by atoms with Crippen LogP contribution in [0.25, 0.3) is 0 Å². The summed E-state index contributed by atoms with van der Waals surface area (Å²) in [5.41, 5.74) is 0. The molecule has 2 aliphatic heterocycles. The van der Waals surface area contributed by atoms with Gasteiger partial charge in [-0.2, -0.15) is 4.31 Å². The van der Waals surface area contributed by atoms with Crippen LogP contribution in [0.1, 0.15) is 12.8 Å². The summed E-state index contributed by atoms with van der Waals surface area (Å²) in [5.74, 6) is 0. The molecule has 0 N–H and O–H groups in total. The average Bonchev–Trinajstić information content (AvgIpc) is 2.40. The van der Waals surface area contributed by atoms with Crippen molar-refractivity contribution in [2.45, 2.75) is 18.1 Å². The van der Waals surface area contributed by atoms with Crippen molar-refractivity contribution in [3.63, 3.8) is 0 Å². The van der Waals surface area contributed by atoms with Crippen LogP contribution < -0.4 is 0 Å². The van der Waals surface area contributed by atoms with E-state index < -0.39 is 10.0 Å². The standard InChI is InChI=1S/C10H20N2O3S2/c1-16-11-4-6-12(7-5-11)17(13,14)10-2-8-15-9-3-10/h10H,2-9H2,1H3. The fourth-order valence-electron chi connectivity index (χ4n) is 2.29. The van der Waals surface area contributed by atoms with Crippen LogP contribution in [0, 0.1) is 0 Å². The zero-order chi connectivity index (χ0) is 12.3. The second kappa shape index (κ2) is 5.88. The second-order valence-corrected chi connectivity index (χ2v) is 7.46. The van der Waals surface area contributed by atoms with Crippen LogP contribution in [0.2, 0.25) is 0 Å². The molecular formula is C10H20N2O3S2. The Hall–Kier alpha value is 0.180. The van der Waals surface area contributed by atoms with E-state index in [9.17, 15) is 8.42 Å². The maximum Gasteiger partial charge on any atom is 0.217 e. The predicted octanol–water partition coefficient (Wildman–Crippen LogP) is 0.391. The summed E-state index contributed by atoms with van der Waals surface area (Å²) in [7, 11) is -3.10. The highest BCUT2D eigenvalue weighted by Gasteiger charge is 2.34. The Morgan fingerprint density at radius 2 is 1.71 bits per heavy atom. The monoisotopic (exact) mass is 280 g/mol. The van der Waals surface area contributed by atoms with Crippen molar-refractivity contribution in [3.05, 3.63) is 0 Å². The molecule has 0 aromatic rings. The Morgan fingerprint density at radius 3 is 2.24 bits per heavy atom. The summed E-state index contributed by atoms with van der Waals surface area (Å²) in [6, 6.07) is 0. The van der Waals surface area contributed by atoms with Gasteiger partial charge in [-0.3, -0.25) is 0 Å². The summed E-state index contributed by atoms with van der Waals surface area (Å²) in [6.45, 7) is 4.05. The molecule has 0 aliphatic carbocycles. The van der Waals surface area contributed by atoms with Crippen LogP contribution in [0.3, 0.4) is 0 Å². The van der Waals surface area contributed by atoms with Gasteiger partial charge in [0.1, 0.15) is 0 Å². The Labute approximate surface area is 108 Å². The van der Waals surface area contributed by atoms with Gasteiger partial charge >= 0.3 is 0 Å². The van der Waals surface area contributed by atoms with Gasteiger partial charge in [0.2, 0.25) is 10.0 Å². The van der Waals surface area contributed by atoms with Crippen LogP contribution in [-0.2, 0) is 14.8 Å². The molecule has 0 radical (unpaired) electrons. The van der Waals surface area contributed by atoms with Gasteiger partial charge in [0.25, 0.3) is 0 Å². The molecule has 5 nitrogen and oxygen atoms in total. The molecule has 0 saturated carbocycles. The fourth-order valence-corrected chi connectivity index (χ4v) is 4.70. The molecule has 2 saturated heterocycles. The highest BCUT2D eigenvalue weighted by Crippen LogP contribution is 2.22. The molecule has 7 heteroatoms. The Morgan fingerprint density at radius 1 is 1.12 bits per heavy atom. The number of hydrogen-bond acceptors (Lipinski definition) is 5. The molecule has 0 amide bonds. The molecule has 0 spiro atoms. The summed E-state index contributed by atoms with van der Waals surface area (Å²) in [4.78, 5) is 0.